The molecular formula is C30H54N2O6SSi2. The maximum Gasteiger partial charge on any atom is 0.408 e. The lowest BCUT2D eigenvalue weighted by molar-refractivity contribution is -0.143. The van der Waals surface area contributed by atoms with E-state index in [9.17, 15) is 9.59 Å². The van der Waals surface area contributed by atoms with Crippen LogP contribution < -0.4 is 15.1 Å². The molecule has 41 heavy (non-hydrogen) atoms. The SMILES string of the molecule is COC(=O)C(CO[Si](C)(C)C(C)(C)C)NC(=S)[C@H](Cc1ccc(O[Si](C)(C)C(C)(C)C)cc1)NC(=O)OC(C)(C)C. The quantitative estimate of drug-likeness (QED) is 0.154. The number of ether oxygens (including phenoxy) is 2. The summed E-state index contributed by atoms with van der Waals surface area (Å²) in [4.78, 5) is 25.7. The van der Waals surface area contributed by atoms with Gasteiger partial charge in [-0.3, -0.25) is 0 Å². The molecule has 0 fully saturated rings. The topological polar surface area (TPSA) is 95.1 Å². The molecule has 0 aliphatic heterocycles. The van der Waals surface area contributed by atoms with E-state index in [0.717, 1.165) is 11.3 Å². The van der Waals surface area contributed by atoms with Gasteiger partial charge in [0.1, 0.15) is 17.4 Å². The number of hydrogen-bond acceptors (Lipinski definition) is 7. The highest BCUT2D eigenvalue weighted by Gasteiger charge is 2.40. The third-order valence-corrected chi connectivity index (χ3v) is 17.0. The third kappa shape index (κ3) is 12.1. The molecule has 1 aromatic carbocycles. The molecule has 8 nitrogen and oxygen atoms in total. The summed E-state index contributed by atoms with van der Waals surface area (Å²) in [5, 5.41) is 6.03. The Morgan fingerprint density at radius 1 is 0.829 bits per heavy atom. The van der Waals surface area contributed by atoms with Crippen LogP contribution in [0, 0.1) is 0 Å². The maximum absolute atomic E-state index is 12.8. The average Bonchev–Trinajstić information content (AvgIpc) is 2.79. The summed E-state index contributed by atoms with van der Waals surface area (Å²) in [5.74, 6) is 0.320. The Morgan fingerprint density at radius 3 is 1.78 bits per heavy atom. The summed E-state index contributed by atoms with van der Waals surface area (Å²) in [6.45, 7) is 27.1. The van der Waals surface area contributed by atoms with E-state index < -0.39 is 46.4 Å². The van der Waals surface area contributed by atoms with E-state index >= 15 is 0 Å². The zero-order valence-electron chi connectivity index (χ0n) is 27.7. The number of rotatable bonds is 11. The molecule has 1 aromatic rings. The summed E-state index contributed by atoms with van der Waals surface area (Å²) in [5.41, 5.74) is 0.253. The van der Waals surface area contributed by atoms with Crippen LogP contribution in [0.2, 0.25) is 36.3 Å². The number of carbonyl (C=O) groups excluding carboxylic acids is 2. The number of amides is 1. The first kappa shape index (κ1) is 37.1. The van der Waals surface area contributed by atoms with Crippen molar-refractivity contribution in [3.63, 3.8) is 0 Å². The molecule has 1 amide bonds. The minimum absolute atomic E-state index is 0.0323. The van der Waals surface area contributed by atoms with Gasteiger partial charge in [0.15, 0.2) is 8.32 Å². The van der Waals surface area contributed by atoms with E-state index in [1.54, 1.807) is 20.8 Å². The van der Waals surface area contributed by atoms with E-state index in [1.807, 2.05) is 24.3 Å². The molecule has 0 saturated heterocycles. The molecule has 0 aliphatic carbocycles. The summed E-state index contributed by atoms with van der Waals surface area (Å²) in [6, 6.07) is 6.35. The molecule has 0 bridgehead atoms. The highest BCUT2D eigenvalue weighted by Crippen LogP contribution is 2.38. The van der Waals surface area contributed by atoms with Crippen LogP contribution in [0.25, 0.3) is 0 Å². The van der Waals surface area contributed by atoms with E-state index in [2.05, 4.69) is 78.4 Å². The number of methoxy groups -OCH3 is 1. The van der Waals surface area contributed by atoms with Crippen molar-refractivity contribution in [1.82, 2.24) is 10.6 Å². The van der Waals surface area contributed by atoms with Gasteiger partial charge in [-0.25, -0.2) is 9.59 Å². The van der Waals surface area contributed by atoms with E-state index in [4.69, 9.17) is 30.5 Å². The Balaban J connectivity index is 3.19. The largest absolute Gasteiger partial charge is 0.544 e. The zero-order valence-corrected chi connectivity index (χ0v) is 30.6. The Hall–Kier alpha value is -1.96. The second-order valence-electron chi connectivity index (χ2n) is 14.6. The lowest BCUT2D eigenvalue weighted by atomic mass is 10.1. The lowest BCUT2D eigenvalue weighted by Crippen LogP contribution is -2.55. The van der Waals surface area contributed by atoms with Crippen LogP contribution in [-0.4, -0.2) is 65.1 Å². The van der Waals surface area contributed by atoms with E-state index in [-0.39, 0.29) is 21.7 Å². The molecule has 11 heteroatoms. The molecule has 1 unspecified atom stereocenters. The van der Waals surface area contributed by atoms with E-state index in [0.29, 0.717) is 6.42 Å². The molecule has 0 heterocycles. The van der Waals surface area contributed by atoms with Gasteiger partial charge in [-0.15, -0.1) is 0 Å². The van der Waals surface area contributed by atoms with Crippen molar-refractivity contribution in [2.75, 3.05) is 13.7 Å². The van der Waals surface area contributed by atoms with Crippen LogP contribution in [0.4, 0.5) is 4.79 Å². The van der Waals surface area contributed by atoms with Crippen LogP contribution in [0.5, 0.6) is 5.75 Å². The summed E-state index contributed by atoms with van der Waals surface area (Å²) in [6.07, 6.45) is -0.223. The van der Waals surface area contributed by atoms with Gasteiger partial charge in [-0.2, -0.15) is 0 Å². The molecule has 2 N–H and O–H groups in total. The highest BCUT2D eigenvalue weighted by atomic mass is 32.1. The minimum atomic E-state index is -2.14. The van der Waals surface area contributed by atoms with Gasteiger partial charge < -0.3 is 29.0 Å². The van der Waals surface area contributed by atoms with Crippen LogP contribution >= 0.6 is 12.2 Å². The van der Waals surface area contributed by atoms with Gasteiger partial charge in [0.2, 0.25) is 8.32 Å². The minimum Gasteiger partial charge on any atom is -0.544 e. The second-order valence-corrected chi connectivity index (χ2v) is 24.5. The van der Waals surface area contributed by atoms with Gasteiger partial charge in [-0.05, 0) is 81.2 Å². The predicted octanol–water partition coefficient (Wildman–Crippen LogP) is 6.99. The third-order valence-electron chi connectivity index (χ3n) is 7.77. The van der Waals surface area contributed by atoms with Crippen molar-refractivity contribution in [3.05, 3.63) is 29.8 Å². The van der Waals surface area contributed by atoms with Crippen LogP contribution in [-0.2, 0) is 25.1 Å². The van der Waals surface area contributed by atoms with Crippen molar-refractivity contribution in [2.45, 2.75) is 123 Å². The predicted molar refractivity (Wildman–Crippen MR) is 176 cm³/mol. The first-order valence-corrected chi connectivity index (χ1v) is 20.4. The number of nitrogens with one attached hydrogen (secondary N) is 2. The van der Waals surface area contributed by atoms with Gasteiger partial charge in [0.05, 0.1) is 24.7 Å². The Kier molecular flexibility index (Phi) is 12.7. The fourth-order valence-electron chi connectivity index (χ4n) is 3.13. The number of thiocarbonyl (C=S) groups is 1. The van der Waals surface area contributed by atoms with Crippen molar-refractivity contribution in [1.29, 1.82) is 0 Å². The van der Waals surface area contributed by atoms with Gasteiger partial charge in [0.25, 0.3) is 0 Å². The maximum atomic E-state index is 12.8. The molecule has 2 atom stereocenters. The summed E-state index contributed by atoms with van der Waals surface area (Å²) >= 11 is 5.74. The lowest BCUT2D eigenvalue weighted by Gasteiger charge is -2.37. The molecule has 0 saturated carbocycles. The first-order valence-electron chi connectivity index (χ1n) is 14.2. The molecule has 0 aliphatic rings. The van der Waals surface area contributed by atoms with Crippen LogP contribution in [0.3, 0.4) is 0 Å². The van der Waals surface area contributed by atoms with Gasteiger partial charge >= 0.3 is 12.1 Å². The smallest absolute Gasteiger partial charge is 0.408 e. The Bertz CT molecular complexity index is 1040. The fraction of sp³-hybridized carbons (Fsp3) is 0.700. The molecule has 0 aromatic heterocycles. The molecule has 234 valence electrons. The number of carbonyl (C=O) groups is 2. The van der Waals surface area contributed by atoms with Gasteiger partial charge in [0, 0.05) is 0 Å². The van der Waals surface area contributed by atoms with Crippen LogP contribution in [0.1, 0.15) is 67.9 Å². The Morgan fingerprint density at radius 2 is 1.34 bits per heavy atom. The number of esters is 1. The summed E-state index contributed by atoms with van der Waals surface area (Å²) < 4.78 is 23.2. The standard InChI is InChI=1S/C30H54N2O6SSi2/c1-28(2,3)37-27(34)32-23(19-21-15-17-22(18-16-21)38-41(13,14)30(7,8)9)25(39)31-24(26(33)35-10)20-36-40(11,12)29(4,5)6/h15-18,23-24H,19-20H2,1-14H3,(H,31,39)(H,32,34)/t23-,24?/m0/s1. The molecule has 0 radical (unpaired) electrons. The van der Waals surface area contributed by atoms with Crippen molar-refractivity contribution >= 4 is 45.9 Å². The normalized spacial score (nSPS) is 14.5. The monoisotopic (exact) mass is 626 g/mol. The molecular weight excluding hydrogens is 573 g/mol. The summed E-state index contributed by atoms with van der Waals surface area (Å²) in [7, 11) is -2.79. The molecule has 1 rings (SSSR count). The zero-order chi connectivity index (χ0) is 32.0. The van der Waals surface area contributed by atoms with Crippen LogP contribution in [0.15, 0.2) is 24.3 Å². The number of benzene rings is 1. The number of alkyl carbamates (subject to hydrolysis) is 1. The van der Waals surface area contributed by atoms with Crippen molar-refractivity contribution < 1.29 is 27.9 Å². The average molecular weight is 627 g/mol. The fourth-order valence-corrected chi connectivity index (χ4v) is 5.46. The Labute approximate surface area is 255 Å². The second kappa shape index (κ2) is 14.0. The van der Waals surface area contributed by atoms with Crippen molar-refractivity contribution in [3.8, 4) is 5.75 Å². The molecule has 0 spiro atoms. The van der Waals surface area contributed by atoms with Crippen molar-refractivity contribution in [2.24, 2.45) is 0 Å². The van der Waals surface area contributed by atoms with Gasteiger partial charge in [-0.1, -0.05) is 65.9 Å². The first-order chi connectivity index (χ1) is 18.4. The number of hydrogen-bond donors (Lipinski definition) is 2. The van der Waals surface area contributed by atoms with E-state index in [1.165, 1.54) is 7.11 Å². The highest BCUT2D eigenvalue weighted by molar-refractivity contribution is 7.80.